The number of hydrogen-bond donors (Lipinski definition) is 1. The number of nitrogens with one attached hydrogen (secondary N) is 1. The van der Waals surface area contributed by atoms with Gasteiger partial charge in [-0.15, -0.1) is 0 Å². The molecule has 1 atom stereocenters. The maximum Gasteiger partial charge on any atom is 0.282 e. The van der Waals surface area contributed by atoms with E-state index in [9.17, 15) is 17.2 Å². The zero-order chi connectivity index (χ0) is 23.1. The minimum absolute atomic E-state index is 0.0791. The Labute approximate surface area is 186 Å². The number of halogens is 2. The molecule has 1 aliphatic rings. The third-order valence-electron chi connectivity index (χ3n) is 5.74. The summed E-state index contributed by atoms with van der Waals surface area (Å²) in [4.78, 5) is 15.0. The van der Waals surface area contributed by atoms with Crippen molar-refractivity contribution in [1.29, 1.82) is 0 Å². The van der Waals surface area contributed by atoms with Crippen LogP contribution in [0.3, 0.4) is 0 Å². The highest BCUT2D eigenvalue weighted by Crippen LogP contribution is 2.29. The molecule has 1 unspecified atom stereocenters. The Morgan fingerprint density at radius 2 is 2.03 bits per heavy atom. The number of sulfonamides is 1. The van der Waals surface area contributed by atoms with E-state index in [4.69, 9.17) is 0 Å². The Balaban J connectivity index is 1.62. The molecule has 0 aliphatic carbocycles. The van der Waals surface area contributed by atoms with Gasteiger partial charge in [0.1, 0.15) is 39.2 Å². The van der Waals surface area contributed by atoms with Crippen LogP contribution in [0.2, 0.25) is 0 Å². The Hall–Kier alpha value is -2.60. The van der Waals surface area contributed by atoms with Crippen molar-refractivity contribution in [2.24, 2.45) is 5.92 Å². The number of fused-ring (bicyclic) bond motifs is 1. The predicted molar refractivity (Wildman–Crippen MR) is 122 cm³/mol. The highest BCUT2D eigenvalue weighted by Gasteiger charge is 2.35. The molecule has 4 rings (SSSR count). The van der Waals surface area contributed by atoms with E-state index in [0.717, 1.165) is 25.6 Å². The van der Waals surface area contributed by atoms with E-state index in [1.54, 1.807) is 12.3 Å². The van der Waals surface area contributed by atoms with Crippen LogP contribution in [-0.2, 0) is 10.0 Å². The van der Waals surface area contributed by atoms with Crippen molar-refractivity contribution in [2.75, 3.05) is 24.2 Å². The van der Waals surface area contributed by atoms with Crippen LogP contribution in [0.4, 0.5) is 14.6 Å². The van der Waals surface area contributed by atoms with Gasteiger partial charge in [-0.3, -0.25) is 0 Å². The first-order valence-corrected chi connectivity index (χ1v) is 12.1. The number of imidazole rings is 1. The Bertz CT molecular complexity index is 1240. The molecule has 168 valence electrons. The van der Waals surface area contributed by atoms with E-state index >= 15 is 0 Å². The summed E-state index contributed by atoms with van der Waals surface area (Å²) < 4.78 is 53.9. The van der Waals surface area contributed by atoms with Gasteiger partial charge in [0.15, 0.2) is 5.65 Å². The molecule has 32 heavy (non-hydrogen) atoms. The van der Waals surface area contributed by atoms with Gasteiger partial charge in [-0.2, -0.15) is 5.10 Å². The van der Waals surface area contributed by atoms with Crippen molar-refractivity contribution in [3.63, 3.8) is 0 Å². The number of piperidine rings is 1. The van der Waals surface area contributed by atoms with E-state index in [1.807, 2.05) is 15.7 Å². The molecule has 0 amide bonds. The van der Waals surface area contributed by atoms with Gasteiger partial charge < -0.3 is 4.90 Å². The molecule has 0 aromatic carbocycles. The summed E-state index contributed by atoms with van der Waals surface area (Å²) in [6.07, 6.45) is 3.21. The molecule has 1 N–H and O–H groups in total. The van der Waals surface area contributed by atoms with Crippen molar-refractivity contribution in [1.82, 2.24) is 29.3 Å². The van der Waals surface area contributed by atoms with Gasteiger partial charge in [0.25, 0.3) is 6.43 Å². The lowest BCUT2D eigenvalue weighted by Gasteiger charge is -2.42. The lowest BCUT2D eigenvalue weighted by molar-refractivity contribution is 0.144. The lowest BCUT2D eigenvalue weighted by atomic mass is 9.54. The van der Waals surface area contributed by atoms with Gasteiger partial charge in [0.2, 0.25) is 10.0 Å². The molecule has 0 radical (unpaired) electrons. The summed E-state index contributed by atoms with van der Waals surface area (Å²) in [5.41, 5.74) is 1.09. The second-order valence-electron chi connectivity index (χ2n) is 8.61. The monoisotopic (exact) mass is 461 g/mol. The van der Waals surface area contributed by atoms with Crippen molar-refractivity contribution >= 4 is 37.2 Å². The number of rotatable bonds is 6. The third-order valence-corrected chi connectivity index (χ3v) is 6.63. The summed E-state index contributed by atoms with van der Waals surface area (Å²) in [5, 5.41) is 3.38. The SMILES string of the molecule is BC(B)(NS(C)(=O)=O)C1CCCN(c2cc(-c3cnc4ccc(C(F)F)nn34)ncn2)C1. The molecule has 3 aromatic heterocycles. The van der Waals surface area contributed by atoms with Gasteiger partial charge >= 0.3 is 0 Å². The van der Waals surface area contributed by atoms with Crippen molar-refractivity contribution < 1.29 is 17.2 Å². The average Bonchev–Trinajstić information content (AvgIpc) is 3.15. The Morgan fingerprint density at radius 1 is 1.25 bits per heavy atom. The molecule has 3 aromatic rings. The van der Waals surface area contributed by atoms with Crippen molar-refractivity contribution in [3.05, 3.63) is 36.4 Å². The Morgan fingerprint density at radius 3 is 2.75 bits per heavy atom. The largest absolute Gasteiger partial charge is 0.356 e. The van der Waals surface area contributed by atoms with Gasteiger partial charge in [-0.1, -0.05) is 0 Å². The molecule has 0 bridgehead atoms. The smallest absolute Gasteiger partial charge is 0.282 e. The summed E-state index contributed by atoms with van der Waals surface area (Å²) in [6.45, 7) is 1.38. The van der Waals surface area contributed by atoms with Crippen molar-refractivity contribution in [3.8, 4) is 11.4 Å². The van der Waals surface area contributed by atoms with Crippen LogP contribution in [0.15, 0.2) is 30.7 Å². The van der Waals surface area contributed by atoms with Crippen LogP contribution in [0.25, 0.3) is 17.0 Å². The van der Waals surface area contributed by atoms with Gasteiger partial charge in [0, 0.05) is 19.2 Å². The van der Waals surface area contributed by atoms with E-state index < -0.39 is 21.8 Å². The number of nitrogens with zero attached hydrogens (tertiary/aromatic N) is 6. The average molecular weight is 461 g/mol. The summed E-state index contributed by atoms with van der Waals surface area (Å²) in [6, 6.07) is 4.52. The maximum atomic E-state index is 13.1. The molecule has 0 saturated carbocycles. The van der Waals surface area contributed by atoms with Gasteiger partial charge in [-0.05, 0) is 36.2 Å². The molecule has 9 nitrogen and oxygen atoms in total. The first kappa shape index (κ1) is 22.6. The molecule has 14 heteroatoms. The fourth-order valence-corrected chi connectivity index (χ4v) is 5.30. The van der Waals surface area contributed by atoms with E-state index in [1.165, 1.54) is 23.0 Å². The first-order valence-electron chi connectivity index (χ1n) is 10.2. The minimum Gasteiger partial charge on any atom is -0.356 e. The summed E-state index contributed by atoms with van der Waals surface area (Å²) in [5.74, 6) is 0.755. The number of hydrogen-bond acceptors (Lipinski definition) is 7. The second kappa shape index (κ2) is 8.39. The highest BCUT2D eigenvalue weighted by atomic mass is 32.2. The van der Waals surface area contributed by atoms with Crippen LogP contribution >= 0.6 is 0 Å². The van der Waals surface area contributed by atoms with Crippen molar-refractivity contribution in [2.45, 2.75) is 24.6 Å². The standard InChI is InChI=1S/C18H23B2F2N7O2S/c1-32(30,31)27-18(19,20)11-3-2-6-28(9-11)16-7-13(24-10-25-16)14-8-23-15-5-4-12(17(21)22)26-29(14)15/h4-5,7-8,10-11,17,27H,2-3,6,9,19-20H2,1H3. The molecular formula is C18H23B2F2N7O2S. The zero-order valence-electron chi connectivity index (χ0n) is 18.0. The van der Waals surface area contributed by atoms with Crippen LogP contribution in [0.5, 0.6) is 0 Å². The molecule has 1 fully saturated rings. The normalized spacial score (nSPS) is 17.9. The molecule has 0 spiro atoms. The number of aromatic nitrogens is 5. The molecule has 1 aliphatic heterocycles. The van der Waals surface area contributed by atoms with Crippen LogP contribution < -0.4 is 9.62 Å². The number of alkyl halides is 2. The highest BCUT2D eigenvalue weighted by molar-refractivity contribution is 7.88. The summed E-state index contributed by atoms with van der Waals surface area (Å²) in [7, 11) is 0.430. The fourth-order valence-electron chi connectivity index (χ4n) is 4.17. The Kier molecular flexibility index (Phi) is 5.93. The topological polar surface area (TPSA) is 105 Å². The quantitative estimate of drug-likeness (QED) is 0.508. The number of anilines is 1. The van der Waals surface area contributed by atoms with E-state index in [2.05, 4.69) is 29.7 Å². The first-order chi connectivity index (χ1) is 15.0. The molecule has 4 heterocycles. The van der Waals surface area contributed by atoms with Gasteiger partial charge in [-0.25, -0.2) is 41.4 Å². The molecule has 1 saturated heterocycles. The van der Waals surface area contributed by atoms with E-state index in [0.29, 0.717) is 29.4 Å². The minimum atomic E-state index is -3.34. The lowest BCUT2D eigenvalue weighted by Crippen LogP contribution is -2.59. The maximum absolute atomic E-state index is 13.1. The molecular weight excluding hydrogens is 438 g/mol. The van der Waals surface area contributed by atoms with Crippen LogP contribution in [0.1, 0.15) is 25.0 Å². The zero-order valence-corrected chi connectivity index (χ0v) is 18.9. The van der Waals surface area contributed by atoms with Crippen LogP contribution in [-0.4, -0.2) is 73.4 Å². The fraction of sp³-hybridized carbons (Fsp3) is 0.444. The third kappa shape index (κ3) is 4.75. The van der Waals surface area contributed by atoms with Crippen LogP contribution in [0, 0.1) is 5.92 Å². The summed E-state index contributed by atoms with van der Waals surface area (Å²) >= 11 is 0. The predicted octanol–water partition coefficient (Wildman–Crippen LogP) is -0.191. The second-order valence-corrected chi connectivity index (χ2v) is 10.4. The van der Waals surface area contributed by atoms with Gasteiger partial charge in [0.05, 0.1) is 18.1 Å². The van der Waals surface area contributed by atoms with E-state index in [-0.39, 0.29) is 11.6 Å².